The lowest BCUT2D eigenvalue weighted by Gasteiger charge is -2.30. The van der Waals surface area contributed by atoms with E-state index < -0.39 is 10.0 Å². The molecule has 2 aliphatic heterocycles. The highest BCUT2D eigenvalue weighted by atomic mass is 35.5. The molecule has 0 atom stereocenters. The molecule has 9 nitrogen and oxygen atoms in total. The Bertz CT molecular complexity index is 1670. The second-order valence-corrected chi connectivity index (χ2v) is 13.3. The lowest BCUT2D eigenvalue weighted by Crippen LogP contribution is -2.39. The minimum atomic E-state index is -3.77. The fraction of sp³-hybridized carbons (Fsp3) is 0.355. The van der Waals surface area contributed by atoms with E-state index in [1.165, 1.54) is 27.8 Å². The summed E-state index contributed by atoms with van der Waals surface area (Å²) >= 11 is 1.44. The molecule has 43 heavy (non-hydrogen) atoms. The maximum absolute atomic E-state index is 13.9. The van der Waals surface area contributed by atoms with E-state index in [2.05, 4.69) is 4.90 Å². The number of aryl methyl sites for hydroxylation is 1. The third-order valence-electron chi connectivity index (χ3n) is 7.78. The number of sulfonamides is 1. The Kier molecular flexibility index (Phi) is 9.88. The molecule has 4 aromatic rings. The van der Waals surface area contributed by atoms with Crippen LogP contribution in [0.25, 0.3) is 10.2 Å². The number of ether oxygens (including phenoxy) is 2. The number of hydrogen-bond acceptors (Lipinski definition) is 8. The second-order valence-electron chi connectivity index (χ2n) is 10.4. The maximum Gasteiger partial charge on any atom is 0.264 e. The van der Waals surface area contributed by atoms with Crippen molar-refractivity contribution in [3.05, 3.63) is 77.9 Å². The first-order valence-electron chi connectivity index (χ1n) is 14.2. The number of amides is 1. The number of rotatable bonds is 9. The van der Waals surface area contributed by atoms with Crippen molar-refractivity contribution in [3.8, 4) is 5.75 Å². The third kappa shape index (κ3) is 6.66. The Balaban J connectivity index is 0.00000368. The average molecular weight is 643 g/mol. The minimum absolute atomic E-state index is 0. The Morgan fingerprint density at radius 3 is 2.58 bits per heavy atom. The fourth-order valence-corrected chi connectivity index (χ4v) is 8.06. The zero-order chi connectivity index (χ0) is 29.1. The highest BCUT2D eigenvalue weighted by Gasteiger charge is 2.29. The molecule has 228 valence electrons. The molecular formula is C31H35ClN4O5S2. The van der Waals surface area contributed by atoms with Crippen LogP contribution in [0.1, 0.15) is 28.8 Å². The second kappa shape index (κ2) is 13.6. The number of carbonyl (C=O) groups is 1. The number of methoxy groups -OCH3 is 1. The molecule has 6 rings (SSSR count). The van der Waals surface area contributed by atoms with Gasteiger partial charge < -0.3 is 9.47 Å². The van der Waals surface area contributed by atoms with Crippen molar-refractivity contribution in [3.63, 3.8) is 0 Å². The van der Waals surface area contributed by atoms with Gasteiger partial charge in [0.2, 0.25) is 0 Å². The number of thiazole rings is 1. The Morgan fingerprint density at radius 2 is 1.81 bits per heavy atom. The summed E-state index contributed by atoms with van der Waals surface area (Å²) in [6, 6.07) is 19.6. The lowest BCUT2D eigenvalue weighted by atomic mass is 10.0. The van der Waals surface area contributed by atoms with Gasteiger partial charge in [-0.15, -0.1) is 12.4 Å². The molecule has 0 N–H and O–H groups in total. The van der Waals surface area contributed by atoms with Crippen molar-refractivity contribution in [2.24, 2.45) is 0 Å². The van der Waals surface area contributed by atoms with Crippen LogP contribution in [-0.2, 0) is 21.2 Å². The van der Waals surface area contributed by atoms with Crippen LogP contribution in [-0.4, -0.2) is 77.3 Å². The Hall–Kier alpha value is -3.22. The summed E-state index contributed by atoms with van der Waals surface area (Å²) in [6.45, 7) is 4.97. The number of morpholine rings is 1. The molecule has 3 heterocycles. The number of carbonyl (C=O) groups excluding carboxylic acids is 1. The first-order chi connectivity index (χ1) is 20.4. The van der Waals surface area contributed by atoms with Crippen molar-refractivity contribution < 1.29 is 22.7 Å². The van der Waals surface area contributed by atoms with Crippen molar-refractivity contribution >= 4 is 60.7 Å². The number of hydrogen-bond donors (Lipinski definition) is 0. The van der Waals surface area contributed by atoms with Crippen molar-refractivity contribution in [1.82, 2.24) is 9.88 Å². The van der Waals surface area contributed by atoms with Crippen molar-refractivity contribution in [2.75, 3.05) is 62.3 Å². The van der Waals surface area contributed by atoms with Crippen LogP contribution in [0.5, 0.6) is 5.75 Å². The summed E-state index contributed by atoms with van der Waals surface area (Å²) in [5.41, 5.74) is 2.96. The van der Waals surface area contributed by atoms with Gasteiger partial charge in [0.05, 0.1) is 41.1 Å². The van der Waals surface area contributed by atoms with E-state index in [1.807, 2.05) is 42.5 Å². The van der Waals surface area contributed by atoms with Crippen LogP contribution >= 0.6 is 23.7 Å². The highest BCUT2D eigenvalue weighted by molar-refractivity contribution is 7.92. The van der Waals surface area contributed by atoms with E-state index in [4.69, 9.17) is 14.5 Å². The van der Waals surface area contributed by atoms with E-state index in [9.17, 15) is 13.2 Å². The van der Waals surface area contributed by atoms with Crippen LogP contribution in [0.4, 0.5) is 10.8 Å². The monoisotopic (exact) mass is 642 g/mol. The molecule has 12 heteroatoms. The Morgan fingerprint density at radius 1 is 1.05 bits per heavy atom. The summed E-state index contributed by atoms with van der Waals surface area (Å²) in [4.78, 5) is 22.9. The molecule has 3 aromatic carbocycles. The Labute approximate surface area is 262 Å². The quantitative estimate of drug-likeness (QED) is 0.247. The number of aromatic nitrogens is 1. The highest BCUT2D eigenvalue weighted by Crippen LogP contribution is 2.34. The summed E-state index contributed by atoms with van der Waals surface area (Å²) in [5.74, 6) is 0.520. The molecule has 0 radical (unpaired) electrons. The predicted molar refractivity (Wildman–Crippen MR) is 173 cm³/mol. The van der Waals surface area contributed by atoms with Crippen LogP contribution in [0.3, 0.4) is 0 Å². The molecule has 1 amide bonds. The number of para-hydroxylation sites is 1. The topological polar surface area (TPSA) is 92.3 Å². The molecule has 0 bridgehead atoms. The van der Waals surface area contributed by atoms with Gasteiger partial charge in [-0.25, -0.2) is 13.4 Å². The van der Waals surface area contributed by atoms with Gasteiger partial charge in [0.15, 0.2) is 5.13 Å². The number of benzene rings is 3. The largest absolute Gasteiger partial charge is 0.497 e. The standard InChI is InChI=1S/C31H34N4O5S2.ClH/c1-39-25-11-14-27-29(22-25)41-31(32-27)34(16-5-15-33-18-20-40-21-19-33)30(36)24-9-12-26(13-10-24)42(37,38)35-17-4-7-23-6-2-3-8-28(23)35;/h2-3,6,8-14,22H,4-5,7,15-21H2,1H3;1H. The number of nitrogens with zero attached hydrogens (tertiary/aromatic N) is 4. The molecule has 0 spiro atoms. The summed E-state index contributed by atoms with van der Waals surface area (Å²) in [6.07, 6.45) is 2.39. The summed E-state index contributed by atoms with van der Waals surface area (Å²) < 4.78 is 40.5. The van der Waals surface area contributed by atoms with Gasteiger partial charge in [-0.3, -0.25) is 18.9 Å². The molecule has 1 saturated heterocycles. The van der Waals surface area contributed by atoms with Gasteiger partial charge in [0, 0.05) is 38.3 Å². The zero-order valence-corrected chi connectivity index (χ0v) is 26.4. The van der Waals surface area contributed by atoms with Gasteiger partial charge >= 0.3 is 0 Å². The molecule has 2 aliphatic rings. The van der Waals surface area contributed by atoms with Crippen molar-refractivity contribution in [2.45, 2.75) is 24.2 Å². The first kappa shape index (κ1) is 31.2. The third-order valence-corrected chi connectivity index (χ3v) is 10.6. The van der Waals surface area contributed by atoms with Gasteiger partial charge in [0.1, 0.15) is 5.75 Å². The maximum atomic E-state index is 13.9. The lowest BCUT2D eigenvalue weighted by molar-refractivity contribution is 0.0376. The molecule has 1 aromatic heterocycles. The normalized spacial score (nSPS) is 15.5. The smallest absolute Gasteiger partial charge is 0.264 e. The molecular weight excluding hydrogens is 608 g/mol. The zero-order valence-electron chi connectivity index (χ0n) is 24.0. The molecule has 0 aliphatic carbocycles. The van der Waals surface area contributed by atoms with Crippen LogP contribution in [0, 0.1) is 0 Å². The van der Waals surface area contributed by atoms with Crippen molar-refractivity contribution in [1.29, 1.82) is 0 Å². The van der Waals surface area contributed by atoms with Gasteiger partial charge in [-0.05, 0) is 73.4 Å². The van der Waals surface area contributed by atoms with E-state index >= 15 is 0 Å². The van der Waals surface area contributed by atoms with E-state index in [0.29, 0.717) is 23.8 Å². The van der Waals surface area contributed by atoms with Crippen LogP contribution in [0.2, 0.25) is 0 Å². The molecule has 0 saturated carbocycles. The summed E-state index contributed by atoms with van der Waals surface area (Å²) in [5, 5.41) is 0.604. The van der Waals surface area contributed by atoms with Crippen LogP contribution < -0.4 is 13.9 Å². The molecule has 1 fully saturated rings. The van der Waals surface area contributed by atoms with Crippen LogP contribution in [0.15, 0.2) is 71.6 Å². The average Bonchev–Trinajstić information content (AvgIpc) is 3.46. The first-order valence-corrected chi connectivity index (χ1v) is 16.5. The van der Waals surface area contributed by atoms with E-state index in [-0.39, 0.29) is 23.2 Å². The van der Waals surface area contributed by atoms with E-state index in [0.717, 1.165) is 79.3 Å². The van der Waals surface area contributed by atoms with E-state index in [1.54, 1.807) is 24.1 Å². The van der Waals surface area contributed by atoms with Gasteiger partial charge in [-0.1, -0.05) is 29.5 Å². The minimum Gasteiger partial charge on any atom is -0.497 e. The number of anilines is 2. The van der Waals surface area contributed by atoms with Gasteiger partial charge in [0.25, 0.3) is 15.9 Å². The molecule has 0 unspecified atom stereocenters. The predicted octanol–water partition coefficient (Wildman–Crippen LogP) is 5.24. The summed E-state index contributed by atoms with van der Waals surface area (Å²) in [7, 11) is -2.15. The number of fused-ring (bicyclic) bond motifs is 2. The SMILES string of the molecule is COc1ccc2nc(N(CCCN3CCOCC3)C(=O)c3ccc(S(=O)(=O)N4CCCc5ccccc54)cc3)sc2c1.Cl. The fourth-order valence-electron chi connectivity index (χ4n) is 5.50. The number of halogens is 1. The van der Waals surface area contributed by atoms with Gasteiger partial charge in [-0.2, -0.15) is 0 Å².